The van der Waals surface area contributed by atoms with Gasteiger partial charge in [0, 0.05) is 5.39 Å². The van der Waals surface area contributed by atoms with E-state index in [2.05, 4.69) is 31.8 Å². The molecule has 0 radical (unpaired) electrons. The van der Waals surface area contributed by atoms with E-state index in [0.29, 0.717) is 17.1 Å². The highest BCUT2D eigenvalue weighted by Gasteiger charge is 2.11. The van der Waals surface area contributed by atoms with Gasteiger partial charge in [-0.15, -0.1) is 0 Å². The van der Waals surface area contributed by atoms with Crippen LogP contribution in [0.2, 0.25) is 0 Å². The lowest BCUT2D eigenvalue weighted by Gasteiger charge is -2.11. The fourth-order valence-corrected chi connectivity index (χ4v) is 2.08. The third kappa shape index (κ3) is 2.52. The Kier molecular flexibility index (Phi) is 2.97. The second kappa shape index (κ2) is 4.67. The molecule has 3 aromatic rings. The van der Waals surface area contributed by atoms with E-state index in [0.717, 1.165) is 10.8 Å². The molecular formula is C17H17NO2. The number of furan rings is 1. The molecule has 20 heavy (non-hydrogen) atoms. The summed E-state index contributed by atoms with van der Waals surface area (Å²) in [6, 6.07) is 13.8. The lowest BCUT2D eigenvalue weighted by molar-refractivity contribution is 0.452. The van der Waals surface area contributed by atoms with Gasteiger partial charge in [-0.1, -0.05) is 18.2 Å². The number of benzene rings is 1. The third-order valence-electron chi connectivity index (χ3n) is 2.89. The highest BCUT2D eigenvalue weighted by molar-refractivity contribution is 5.83. The monoisotopic (exact) mass is 267 g/mol. The lowest BCUT2D eigenvalue weighted by Crippen LogP contribution is -2.17. The maximum Gasteiger partial charge on any atom is 0.223 e. The van der Waals surface area contributed by atoms with Crippen molar-refractivity contribution in [1.82, 2.24) is 0 Å². The summed E-state index contributed by atoms with van der Waals surface area (Å²) in [7, 11) is 0. The smallest absolute Gasteiger partial charge is 0.223 e. The second-order valence-corrected chi connectivity index (χ2v) is 5.76. The molecule has 0 atom stereocenters. The first-order valence-corrected chi connectivity index (χ1v) is 6.66. The second-order valence-electron chi connectivity index (χ2n) is 5.76. The molecule has 3 heteroatoms. The van der Waals surface area contributed by atoms with Crippen molar-refractivity contribution in [2.75, 3.05) is 0 Å². The van der Waals surface area contributed by atoms with Crippen LogP contribution in [0.25, 0.3) is 22.3 Å². The van der Waals surface area contributed by atoms with Gasteiger partial charge in [0.2, 0.25) is 5.55 Å². The van der Waals surface area contributed by atoms with Crippen LogP contribution < -0.4 is 5.55 Å². The minimum absolute atomic E-state index is 0.200. The van der Waals surface area contributed by atoms with Crippen molar-refractivity contribution >= 4 is 10.8 Å². The standard InChI is InChI=1S/C17H17NO2/c1-17(2,3)18-16-13-8-5-4-7-12(13)11-15(20-16)14-9-6-10-19-14/h4-11H,1-3H3. The predicted molar refractivity (Wildman–Crippen MR) is 79.2 cm³/mol. The number of hydrogen-bond donors (Lipinski definition) is 0. The molecule has 0 fully saturated rings. The van der Waals surface area contributed by atoms with Gasteiger partial charge in [-0.05, 0) is 50.4 Å². The van der Waals surface area contributed by atoms with Gasteiger partial charge in [-0.2, -0.15) is 0 Å². The SMILES string of the molecule is CC(C)(C)N=c1oc(-c2ccco2)cc2ccccc12. The molecule has 2 aromatic heterocycles. The summed E-state index contributed by atoms with van der Waals surface area (Å²) in [4.78, 5) is 4.68. The molecule has 0 aliphatic heterocycles. The summed E-state index contributed by atoms with van der Waals surface area (Å²) in [6.45, 7) is 6.16. The number of rotatable bonds is 1. The van der Waals surface area contributed by atoms with E-state index in [1.165, 1.54) is 0 Å². The average Bonchev–Trinajstić information content (AvgIpc) is 2.90. The molecule has 3 rings (SSSR count). The molecule has 3 nitrogen and oxygen atoms in total. The Balaban J connectivity index is 2.34. The van der Waals surface area contributed by atoms with Crippen molar-refractivity contribution in [2.24, 2.45) is 4.99 Å². The molecule has 0 N–H and O–H groups in total. The summed E-state index contributed by atoms with van der Waals surface area (Å²) in [6.07, 6.45) is 1.64. The van der Waals surface area contributed by atoms with Gasteiger partial charge >= 0.3 is 0 Å². The van der Waals surface area contributed by atoms with Crippen LogP contribution in [0.1, 0.15) is 20.8 Å². The van der Waals surface area contributed by atoms with Crippen LogP contribution in [0.15, 0.2) is 62.6 Å². The van der Waals surface area contributed by atoms with Gasteiger partial charge in [-0.3, -0.25) is 0 Å². The van der Waals surface area contributed by atoms with Crippen LogP contribution in [0.3, 0.4) is 0 Å². The molecule has 0 unspecified atom stereocenters. The number of nitrogens with zero attached hydrogens (tertiary/aromatic N) is 1. The summed E-state index contributed by atoms with van der Waals surface area (Å²) in [5.41, 5.74) is 0.440. The van der Waals surface area contributed by atoms with Crippen molar-refractivity contribution in [3.63, 3.8) is 0 Å². The van der Waals surface area contributed by atoms with E-state index in [9.17, 15) is 0 Å². The number of hydrogen-bond acceptors (Lipinski definition) is 3. The molecule has 0 saturated carbocycles. The summed E-state index contributed by atoms with van der Waals surface area (Å²) < 4.78 is 11.4. The Bertz CT molecular complexity index is 790. The average molecular weight is 267 g/mol. The van der Waals surface area contributed by atoms with Gasteiger partial charge in [0.15, 0.2) is 11.5 Å². The summed E-state index contributed by atoms with van der Waals surface area (Å²) in [5, 5.41) is 2.10. The van der Waals surface area contributed by atoms with E-state index < -0.39 is 0 Å². The maximum absolute atomic E-state index is 5.95. The maximum atomic E-state index is 5.95. The first-order valence-electron chi connectivity index (χ1n) is 6.66. The third-order valence-corrected chi connectivity index (χ3v) is 2.89. The van der Waals surface area contributed by atoms with Crippen molar-refractivity contribution in [3.8, 4) is 11.5 Å². The first-order chi connectivity index (χ1) is 9.53. The number of fused-ring (bicyclic) bond motifs is 1. The molecule has 0 aliphatic rings. The fraction of sp³-hybridized carbons (Fsp3) is 0.235. The summed E-state index contributed by atoms with van der Waals surface area (Å²) >= 11 is 0. The zero-order valence-corrected chi connectivity index (χ0v) is 11.9. The molecule has 0 bridgehead atoms. The van der Waals surface area contributed by atoms with Crippen molar-refractivity contribution in [1.29, 1.82) is 0 Å². The van der Waals surface area contributed by atoms with E-state index >= 15 is 0 Å². The topological polar surface area (TPSA) is 38.6 Å². The molecule has 2 heterocycles. The lowest BCUT2D eigenvalue weighted by atomic mass is 10.1. The van der Waals surface area contributed by atoms with E-state index in [1.54, 1.807) is 6.26 Å². The van der Waals surface area contributed by atoms with Gasteiger partial charge in [-0.25, -0.2) is 4.99 Å². The van der Waals surface area contributed by atoms with Crippen LogP contribution in [0.4, 0.5) is 0 Å². The Morgan fingerprint density at radius 1 is 0.950 bits per heavy atom. The zero-order valence-electron chi connectivity index (χ0n) is 11.9. The quantitative estimate of drug-likeness (QED) is 0.655. The van der Waals surface area contributed by atoms with Gasteiger partial charge < -0.3 is 8.83 Å². The van der Waals surface area contributed by atoms with Crippen LogP contribution in [-0.2, 0) is 0 Å². The molecular weight excluding hydrogens is 250 g/mol. The van der Waals surface area contributed by atoms with Crippen molar-refractivity contribution in [3.05, 3.63) is 54.3 Å². The normalized spacial score (nSPS) is 13.1. The van der Waals surface area contributed by atoms with E-state index in [4.69, 9.17) is 8.83 Å². The largest absolute Gasteiger partial charge is 0.461 e. The van der Waals surface area contributed by atoms with Crippen LogP contribution in [0.5, 0.6) is 0 Å². The molecule has 102 valence electrons. The molecule has 0 aliphatic carbocycles. The van der Waals surface area contributed by atoms with Crippen molar-refractivity contribution in [2.45, 2.75) is 26.3 Å². The Hall–Kier alpha value is -2.29. The molecule has 0 amide bonds. The molecule has 1 aromatic carbocycles. The zero-order chi connectivity index (χ0) is 14.2. The first kappa shape index (κ1) is 12.7. The Morgan fingerprint density at radius 3 is 2.45 bits per heavy atom. The highest BCUT2D eigenvalue weighted by atomic mass is 16.4. The Morgan fingerprint density at radius 2 is 1.75 bits per heavy atom. The fourth-order valence-electron chi connectivity index (χ4n) is 2.08. The molecule has 0 saturated heterocycles. The van der Waals surface area contributed by atoms with Gasteiger partial charge in [0.1, 0.15) is 0 Å². The highest BCUT2D eigenvalue weighted by Crippen LogP contribution is 2.22. The van der Waals surface area contributed by atoms with E-state index in [1.807, 2.05) is 36.4 Å². The Labute approximate surface area is 117 Å². The van der Waals surface area contributed by atoms with E-state index in [-0.39, 0.29) is 5.54 Å². The van der Waals surface area contributed by atoms with Gasteiger partial charge in [0.05, 0.1) is 11.8 Å². The van der Waals surface area contributed by atoms with Crippen LogP contribution in [0, 0.1) is 0 Å². The van der Waals surface area contributed by atoms with Crippen molar-refractivity contribution < 1.29 is 8.83 Å². The minimum atomic E-state index is -0.200. The minimum Gasteiger partial charge on any atom is -0.461 e. The molecule has 0 spiro atoms. The van der Waals surface area contributed by atoms with Crippen LogP contribution in [-0.4, -0.2) is 5.54 Å². The van der Waals surface area contributed by atoms with Gasteiger partial charge in [0.25, 0.3) is 0 Å². The predicted octanol–water partition coefficient (Wildman–Crippen LogP) is 4.39. The van der Waals surface area contributed by atoms with Crippen LogP contribution >= 0.6 is 0 Å². The summed E-state index contributed by atoms with van der Waals surface area (Å²) in [5.74, 6) is 1.40.